The van der Waals surface area contributed by atoms with Crippen molar-refractivity contribution in [2.45, 2.75) is 26.2 Å². The minimum Gasteiger partial charge on any atom is -0.364 e. The maximum absolute atomic E-state index is 12.2. The van der Waals surface area contributed by atoms with E-state index in [0.29, 0.717) is 13.1 Å². The fourth-order valence-electron chi connectivity index (χ4n) is 3.03. The molecule has 2 N–H and O–H groups in total. The van der Waals surface area contributed by atoms with Gasteiger partial charge in [0.25, 0.3) is 5.91 Å². The smallest absolute Gasteiger partial charge is 0.268 e. The van der Waals surface area contributed by atoms with Crippen LogP contribution in [0.1, 0.15) is 27.4 Å². The van der Waals surface area contributed by atoms with Crippen molar-refractivity contribution in [1.82, 2.24) is 30.1 Å². The number of nitrogens with zero attached hydrogens (tertiary/aromatic N) is 4. The fourth-order valence-corrected chi connectivity index (χ4v) is 3.03. The summed E-state index contributed by atoms with van der Waals surface area (Å²) in [6.45, 7) is 3.44. The van der Waals surface area contributed by atoms with Gasteiger partial charge in [-0.1, -0.05) is 11.2 Å². The molecule has 134 valence electrons. The lowest BCUT2D eigenvalue weighted by atomic mass is 10.2. The van der Waals surface area contributed by atoms with Crippen LogP contribution in [-0.4, -0.2) is 37.3 Å². The van der Waals surface area contributed by atoms with Crippen molar-refractivity contribution < 1.29 is 9.32 Å². The van der Waals surface area contributed by atoms with Crippen LogP contribution in [0.5, 0.6) is 0 Å². The third-order valence-electron chi connectivity index (χ3n) is 4.37. The number of aromatic amines is 1. The van der Waals surface area contributed by atoms with Gasteiger partial charge < -0.3 is 14.8 Å². The van der Waals surface area contributed by atoms with E-state index in [-0.39, 0.29) is 17.2 Å². The lowest BCUT2D eigenvalue weighted by Gasteiger charge is -2.27. The zero-order valence-corrected chi connectivity index (χ0v) is 14.0. The van der Waals surface area contributed by atoms with Crippen LogP contribution in [0.25, 0.3) is 0 Å². The molecular weight excluding hydrogens is 336 g/mol. The minimum absolute atomic E-state index is 0.242. The standard InChI is InChI=1S/C17H18N6O3/c24-16-3-1-2-14(20-16)17(25)18-8-12-9-19-23-6-5-22(11-15(12)23)10-13-4-7-26-21-13/h1-4,7,9H,5-6,8,10-11H2,(H,18,25)(H,20,24). The first-order valence-corrected chi connectivity index (χ1v) is 8.32. The highest BCUT2D eigenvalue weighted by Gasteiger charge is 2.21. The molecule has 0 atom stereocenters. The summed E-state index contributed by atoms with van der Waals surface area (Å²) >= 11 is 0. The van der Waals surface area contributed by atoms with Gasteiger partial charge in [-0.15, -0.1) is 0 Å². The van der Waals surface area contributed by atoms with Gasteiger partial charge in [-0.3, -0.25) is 19.2 Å². The third-order valence-corrected chi connectivity index (χ3v) is 4.37. The molecule has 9 nitrogen and oxygen atoms in total. The van der Waals surface area contributed by atoms with Gasteiger partial charge in [0.1, 0.15) is 12.0 Å². The molecule has 9 heteroatoms. The van der Waals surface area contributed by atoms with Crippen LogP contribution in [0.3, 0.4) is 0 Å². The van der Waals surface area contributed by atoms with E-state index in [2.05, 4.69) is 25.5 Å². The lowest BCUT2D eigenvalue weighted by Crippen LogP contribution is -2.34. The summed E-state index contributed by atoms with van der Waals surface area (Å²) in [4.78, 5) is 28.3. The molecule has 0 bridgehead atoms. The van der Waals surface area contributed by atoms with Gasteiger partial charge in [-0.05, 0) is 6.07 Å². The molecule has 1 aliphatic heterocycles. The Labute approximate surface area is 148 Å². The Hall–Kier alpha value is -3.20. The zero-order valence-electron chi connectivity index (χ0n) is 14.0. The van der Waals surface area contributed by atoms with Crippen LogP contribution in [-0.2, 0) is 26.2 Å². The summed E-state index contributed by atoms with van der Waals surface area (Å²) in [6, 6.07) is 6.35. The highest BCUT2D eigenvalue weighted by molar-refractivity contribution is 5.92. The van der Waals surface area contributed by atoms with Crippen LogP contribution in [0.4, 0.5) is 0 Å². The van der Waals surface area contributed by atoms with Gasteiger partial charge >= 0.3 is 0 Å². The van der Waals surface area contributed by atoms with Crippen LogP contribution < -0.4 is 10.9 Å². The first kappa shape index (κ1) is 16.3. The molecule has 4 rings (SSSR count). The second-order valence-corrected chi connectivity index (χ2v) is 6.15. The number of rotatable bonds is 5. The van der Waals surface area contributed by atoms with Gasteiger partial charge in [-0.25, -0.2) is 0 Å². The second kappa shape index (κ2) is 6.96. The highest BCUT2D eigenvalue weighted by atomic mass is 16.5. The normalized spacial score (nSPS) is 14.2. The van der Waals surface area contributed by atoms with E-state index in [1.807, 2.05) is 10.7 Å². The van der Waals surface area contributed by atoms with Crippen molar-refractivity contribution >= 4 is 5.91 Å². The van der Waals surface area contributed by atoms with Crippen molar-refractivity contribution in [3.8, 4) is 0 Å². The van der Waals surface area contributed by atoms with E-state index in [0.717, 1.165) is 36.6 Å². The number of nitrogens with one attached hydrogen (secondary N) is 2. The molecule has 1 aliphatic rings. The van der Waals surface area contributed by atoms with Gasteiger partial charge in [0.05, 0.1) is 24.1 Å². The average Bonchev–Trinajstić information content (AvgIpc) is 3.29. The molecule has 0 aliphatic carbocycles. The van der Waals surface area contributed by atoms with Crippen molar-refractivity contribution in [3.05, 3.63) is 69.7 Å². The van der Waals surface area contributed by atoms with Crippen molar-refractivity contribution in [2.24, 2.45) is 0 Å². The van der Waals surface area contributed by atoms with Gasteiger partial charge in [-0.2, -0.15) is 5.10 Å². The number of fused-ring (bicyclic) bond motifs is 1. The summed E-state index contributed by atoms with van der Waals surface area (Å²) in [5, 5.41) is 11.2. The van der Waals surface area contributed by atoms with E-state index in [1.165, 1.54) is 6.07 Å². The molecular formula is C17H18N6O3. The van der Waals surface area contributed by atoms with Crippen LogP contribution in [0, 0.1) is 0 Å². The van der Waals surface area contributed by atoms with E-state index in [1.54, 1.807) is 24.6 Å². The summed E-state index contributed by atoms with van der Waals surface area (Å²) < 4.78 is 6.85. The molecule has 0 unspecified atom stereocenters. The molecule has 1 amide bonds. The number of amides is 1. The Bertz CT molecular complexity index is 959. The molecule has 0 saturated heterocycles. The highest BCUT2D eigenvalue weighted by Crippen LogP contribution is 2.18. The maximum atomic E-state index is 12.2. The summed E-state index contributed by atoms with van der Waals surface area (Å²) in [5.74, 6) is -0.321. The lowest BCUT2D eigenvalue weighted by molar-refractivity contribution is 0.0945. The van der Waals surface area contributed by atoms with Crippen LogP contribution in [0.15, 0.2) is 46.0 Å². The first-order chi connectivity index (χ1) is 12.7. The fraction of sp³-hybridized carbons (Fsp3) is 0.294. The third kappa shape index (κ3) is 3.42. The van der Waals surface area contributed by atoms with Gasteiger partial charge in [0, 0.05) is 43.9 Å². The maximum Gasteiger partial charge on any atom is 0.268 e. The monoisotopic (exact) mass is 354 g/mol. The quantitative estimate of drug-likeness (QED) is 0.691. The SMILES string of the molecule is O=C(NCc1cnn2c1CN(Cc1ccon1)CC2)c1cccc(=O)[nH]1. The van der Waals surface area contributed by atoms with Gasteiger partial charge in [0.15, 0.2) is 0 Å². The molecule has 0 radical (unpaired) electrons. The Morgan fingerprint density at radius 1 is 1.31 bits per heavy atom. The van der Waals surface area contributed by atoms with E-state index < -0.39 is 0 Å². The second-order valence-electron chi connectivity index (χ2n) is 6.15. The summed E-state index contributed by atoms with van der Waals surface area (Å²) in [7, 11) is 0. The number of carbonyl (C=O) groups is 1. The molecule has 0 saturated carbocycles. The number of pyridine rings is 1. The topological polar surface area (TPSA) is 109 Å². The molecule has 4 heterocycles. The Balaban J connectivity index is 1.42. The van der Waals surface area contributed by atoms with Crippen LogP contribution in [0.2, 0.25) is 0 Å². The predicted octanol–water partition coefficient (Wildman–Crippen LogP) is 0.505. The molecule has 3 aromatic rings. The number of hydrogen-bond donors (Lipinski definition) is 2. The van der Waals surface area contributed by atoms with Crippen molar-refractivity contribution in [1.29, 1.82) is 0 Å². The molecule has 3 aromatic heterocycles. The Morgan fingerprint density at radius 2 is 2.23 bits per heavy atom. The van der Waals surface area contributed by atoms with E-state index >= 15 is 0 Å². The van der Waals surface area contributed by atoms with E-state index in [4.69, 9.17) is 4.52 Å². The van der Waals surface area contributed by atoms with Crippen molar-refractivity contribution in [2.75, 3.05) is 6.54 Å². The Kier molecular flexibility index (Phi) is 4.36. The van der Waals surface area contributed by atoms with E-state index in [9.17, 15) is 9.59 Å². The minimum atomic E-state index is -0.321. The average molecular weight is 354 g/mol. The first-order valence-electron chi connectivity index (χ1n) is 8.32. The molecule has 0 aromatic carbocycles. The number of hydrogen-bond acceptors (Lipinski definition) is 6. The largest absolute Gasteiger partial charge is 0.364 e. The molecule has 26 heavy (non-hydrogen) atoms. The number of carbonyl (C=O) groups excluding carboxylic acids is 1. The Morgan fingerprint density at radius 3 is 3.04 bits per heavy atom. The predicted molar refractivity (Wildman–Crippen MR) is 91.1 cm³/mol. The molecule has 0 spiro atoms. The zero-order chi connectivity index (χ0) is 17.9. The van der Waals surface area contributed by atoms with Crippen LogP contribution >= 0.6 is 0 Å². The number of aromatic nitrogens is 4. The number of H-pyrrole nitrogens is 1. The van der Waals surface area contributed by atoms with Gasteiger partial charge in [0.2, 0.25) is 5.56 Å². The summed E-state index contributed by atoms with van der Waals surface area (Å²) in [5.41, 5.74) is 2.86. The van der Waals surface area contributed by atoms with Crippen molar-refractivity contribution in [3.63, 3.8) is 0 Å². The summed E-state index contributed by atoms with van der Waals surface area (Å²) in [6.07, 6.45) is 3.35. The molecule has 0 fully saturated rings.